The van der Waals surface area contributed by atoms with Crippen LogP contribution in [0.1, 0.15) is 54.6 Å². The van der Waals surface area contributed by atoms with Gasteiger partial charge in [-0.25, -0.2) is 9.97 Å². The lowest BCUT2D eigenvalue weighted by Gasteiger charge is -2.30. The Bertz CT molecular complexity index is 972. The Labute approximate surface area is 160 Å². The number of fused-ring (bicyclic) bond motifs is 1. The summed E-state index contributed by atoms with van der Waals surface area (Å²) in [5.41, 5.74) is 10.0. The van der Waals surface area contributed by atoms with E-state index in [4.69, 9.17) is 5.73 Å². The van der Waals surface area contributed by atoms with E-state index in [1.165, 1.54) is 49.9 Å². The van der Waals surface area contributed by atoms with Gasteiger partial charge in [0.25, 0.3) is 0 Å². The number of aromatic nitrogens is 3. The minimum atomic E-state index is 0.486. The van der Waals surface area contributed by atoms with Gasteiger partial charge in [0.15, 0.2) is 0 Å². The summed E-state index contributed by atoms with van der Waals surface area (Å²) in [7, 11) is 0. The van der Waals surface area contributed by atoms with Gasteiger partial charge in [-0.1, -0.05) is 24.3 Å². The van der Waals surface area contributed by atoms with E-state index in [0.29, 0.717) is 17.8 Å². The molecular weight excluding hydrogens is 334 g/mol. The average molecular weight is 361 g/mol. The molecule has 1 aliphatic carbocycles. The van der Waals surface area contributed by atoms with Crippen LogP contribution in [0.4, 0.5) is 5.82 Å². The standard InChI is InChI=1S/C22H27N5/c1-15-24-21(23)20-8-11-27(22(20)25-15)19-7-6-18(13-19)17-5-2-4-16(12-17)14-26-9-3-10-26/h2,4-5,8,11-12,18-19H,3,6-7,9-10,13-14H2,1H3,(H2,23,24,25). The van der Waals surface area contributed by atoms with Crippen LogP contribution in [0.5, 0.6) is 0 Å². The third-order valence-electron chi connectivity index (χ3n) is 6.29. The van der Waals surface area contributed by atoms with Gasteiger partial charge in [-0.2, -0.15) is 0 Å². The fourth-order valence-electron chi connectivity index (χ4n) is 4.72. The fraction of sp³-hybridized carbons (Fsp3) is 0.455. The number of hydrogen-bond acceptors (Lipinski definition) is 4. The fourth-order valence-corrected chi connectivity index (χ4v) is 4.72. The molecule has 2 atom stereocenters. The summed E-state index contributed by atoms with van der Waals surface area (Å²) < 4.78 is 2.32. The molecule has 3 heterocycles. The van der Waals surface area contributed by atoms with Crippen molar-refractivity contribution in [1.82, 2.24) is 19.4 Å². The molecule has 140 valence electrons. The van der Waals surface area contributed by atoms with Gasteiger partial charge < -0.3 is 10.3 Å². The number of anilines is 1. The number of nitrogens with zero attached hydrogens (tertiary/aromatic N) is 4. The zero-order chi connectivity index (χ0) is 18.4. The monoisotopic (exact) mass is 361 g/mol. The van der Waals surface area contributed by atoms with Crippen molar-refractivity contribution >= 4 is 16.9 Å². The van der Waals surface area contributed by atoms with Gasteiger partial charge in [0, 0.05) is 18.8 Å². The van der Waals surface area contributed by atoms with Gasteiger partial charge >= 0.3 is 0 Å². The smallest absolute Gasteiger partial charge is 0.146 e. The molecule has 1 saturated carbocycles. The van der Waals surface area contributed by atoms with E-state index in [2.05, 4.69) is 56.0 Å². The Morgan fingerprint density at radius 2 is 2.04 bits per heavy atom. The predicted molar refractivity (Wildman–Crippen MR) is 109 cm³/mol. The lowest BCUT2D eigenvalue weighted by molar-refractivity contribution is 0.172. The Balaban J connectivity index is 1.36. The second-order valence-corrected chi connectivity index (χ2v) is 8.15. The van der Waals surface area contributed by atoms with E-state index >= 15 is 0 Å². The van der Waals surface area contributed by atoms with Gasteiger partial charge in [-0.05, 0) is 68.8 Å². The minimum Gasteiger partial charge on any atom is -0.383 e. The molecule has 27 heavy (non-hydrogen) atoms. The van der Waals surface area contributed by atoms with E-state index in [9.17, 15) is 0 Å². The van der Waals surface area contributed by atoms with Crippen LogP contribution in [0.15, 0.2) is 36.5 Å². The number of nitrogen functional groups attached to an aromatic ring is 1. The molecule has 0 amide bonds. The Morgan fingerprint density at radius 3 is 2.85 bits per heavy atom. The minimum absolute atomic E-state index is 0.486. The summed E-state index contributed by atoms with van der Waals surface area (Å²) in [4.78, 5) is 11.5. The molecule has 2 fully saturated rings. The first-order chi connectivity index (χ1) is 13.2. The molecule has 2 aliphatic rings. The lowest BCUT2D eigenvalue weighted by atomic mass is 9.95. The summed E-state index contributed by atoms with van der Waals surface area (Å²) in [6, 6.07) is 11.8. The zero-order valence-corrected chi connectivity index (χ0v) is 15.9. The molecule has 1 saturated heterocycles. The van der Waals surface area contributed by atoms with Gasteiger partial charge in [-0.15, -0.1) is 0 Å². The molecule has 2 aromatic heterocycles. The number of benzene rings is 1. The van der Waals surface area contributed by atoms with Crippen LogP contribution in [-0.4, -0.2) is 32.5 Å². The third-order valence-corrected chi connectivity index (χ3v) is 6.29. The molecular formula is C22H27N5. The van der Waals surface area contributed by atoms with Crippen molar-refractivity contribution in [2.24, 2.45) is 0 Å². The van der Waals surface area contributed by atoms with E-state index in [1.54, 1.807) is 0 Å². The quantitative estimate of drug-likeness (QED) is 0.762. The number of rotatable bonds is 4. The summed E-state index contributed by atoms with van der Waals surface area (Å²) in [6.45, 7) is 5.51. The van der Waals surface area contributed by atoms with E-state index in [1.807, 2.05) is 6.92 Å². The maximum Gasteiger partial charge on any atom is 0.146 e. The Morgan fingerprint density at radius 1 is 1.15 bits per heavy atom. The molecule has 5 heteroatoms. The highest BCUT2D eigenvalue weighted by Gasteiger charge is 2.28. The van der Waals surface area contributed by atoms with Crippen molar-refractivity contribution in [1.29, 1.82) is 0 Å². The molecule has 1 aliphatic heterocycles. The summed E-state index contributed by atoms with van der Waals surface area (Å²) in [5, 5.41) is 0.973. The number of hydrogen-bond donors (Lipinski definition) is 1. The van der Waals surface area contributed by atoms with Gasteiger partial charge in [0.05, 0.1) is 5.39 Å². The van der Waals surface area contributed by atoms with E-state index < -0.39 is 0 Å². The highest BCUT2D eigenvalue weighted by Crippen LogP contribution is 2.42. The predicted octanol–water partition coefficient (Wildman–Crippen LogP) is 4.04. The number of nitrogens with two attached hydrogens (primary N) is 1. The van der Waals surface area contributed by atoms with Crippen molar-refractivity contribution in [2.75, 3.05) is 18.8 Å². The maximum atomic E-state index is 6.09. The largest absolute Gasteiger partial charge is 0.383 e. The molecule has 3 aromatic rings. The summed E-state index contributed by atoms with van der Waals surface area (Å²) in [6.07, 6.45) is 7.08. The summed E-state index contributed by atoms with van der Waals surface area (Å²) in [5.74, 6) is 1.96. The average Bonchev–Trinajstić information content (AvgIpc) is 3.25. The van der Waals surface area contributed by atoms with Crippen LogP contribution in [0, 0.1) is 6.92 Å². The Hall–Kier alpha value is -2.40. The molecule has 0 spiro atoms. The lowest BCUT2D eigenvalue weighted by Crippen LogP contribution is -2.36. The van der Waals surface area contributed by atoms with Crippen molar-refractivity contribution in [3.05, 3.63) is 53.5 Å². The topological polar surface area (TPSA) is 60.0 Å². The van der Waals surface area contributed by atoms with Gasteiger partial charge in [0.2, 0.25) is 0 Å². The van der Waals surface area contributed by atoms with Crippen molar-refractivity contribution < 1.29 is 0 Å². The SMILES string of the molecule is Cc1nc(N)c2ccn(C3CCC(c4cccc(CN5CCC5)c4)C3)c2n1. The van der Waals surface area contributed by atoms with Crippen LogP contribution in [0.2, 0.25) is 0 Å². The van der Waals surface area contributed by atoms with Crippen LogP contribution in [-0.2, 0) is 6.54 Å². The first-order valence-electron chi connectivity index (χ1n) is 10.1. The van der Waals surface area contributed by atoms with Gasteiger partial charge in [-0.3, -0.25) is 4.90 Å². The first-order valence-corrected chi connectivity index (χ1v) is 10.1. The maximum absolute atomic E-state index is 6.09. The highest BCUT2D eigenvalue weighted by atomic mass is 15.2. The zero-order valence-electron chi connectivity index (χ0n) is 15.9. The molecule has 1 aromatic carbocycles. The van der Waals surface area contributed by atoms with Crippen molar-refractivity contribution in [3.63, 3.8) is 0 Å². The first kappa shape index (κ1) is 16.8. The summed E-state index contributed by atoms with van der Waals surface area (Å²) >= 11 is 0. The molecule has 0 radical (unpaired) electrons. The second kappa shape index (κ2) is 6.64. The van der Waals surface area contributed by atoms with Crippen molar-refractivity contribution in [2.45, 2.75) is 51.1 Å². The normalized spacial score (nSPS) is 23.0. The highest BCUT2D eigenvalue weighted by molar-refractivity contribution is 5.86. The van der Waals surface area contributed by atoms with Crippen molar-refractivity contribution in [3.8, 4) is 0 Å². The third kappa shape index (κ3) is 3.10. The number of likely N-dealkylation sites (tertiary alicyclic amines) is 1. The van der Waals surface area contributed by atoms with Gasteiger partial charge in [0.1, 0.15) is 17.3 Å². The van der Waals surface area contributed by atoms with E-state index in [-0.39, 0.29) is 0 Å². The van der Waals surface area contributed by atoms with Crippen LogP contribution in [0.3, 0.4) is 0 Å². The molecule has 2 unspecified atom stereocenters. The molecule has 5 rings (SSSR count). The molecule has 0 bridgehead atoms. The van der Waals surface area contributed by atoms with Crippen LogP contribution < -0.4 is 5.73 Å². The Kier molecular flexibility index (Phi) is 4.12. The van der Waals surface area contributed by atoms with E-state index in [0.717, 1.165) is 23.4 Å². The second-order valence-electron chi connectivity index (χ2n) is 8.15. The van der Waals surface area contributed by atoms with Crippen LogP contribution in [0.25, 0.3) is 11.0 Å². The molecule has 5 nitrogen and oxygen atoms in total. The molecule has 2 N–H and O–H groups in total. The number of aryl methyl sites for hydroxylation is 1. The van der Waals surface area contributed by atoms with Crippen LogP contribution >= 0.6 is 0 Å².